The lowest BCUT2D eigenvalue weighted by molar-refractivity contribution is -0.137. The van der Waals surface area contributed by atoms with E-state index in [4.69, 9.17) is 14.2 Å². The van der Waals surface area contributed by atoms with Gasteiger partial charge in [0.1, 0.15) is 5.75 Å². The van der Waals surface area contributed by atoms with E-state index < -0.39 is 17.8 Å². The number of nitrogens with zero attached hydrogens (tertiary/aromatic N) is 1. The third-order valence-electron chi connectivity index (χ3n) is 5.98. The summed E-state index contributed by atoms with van der Waals surface area (Å²) in [6.45, 7) is 0.319. The van der Waals surface area contributed by atoms with Gasteiger partial charge in [0.15, 0.2) is 11.5 Å². The molecule has 0 radical (unpaired) electrons. The minimum absolute atomic E-state index is 0.304. The fraction of sp³-hybridized carbons (Fsp3) is 0.269. The number of alkyl halides is 3. The summed E-state index contributed by atoms with van der Waals surface area (Å²) in [5.41, 5.74) is 1.56. The molecule has 4 rings (SSSR count). The highest BCUT2D eigenvalue weighted by atomic mass is 19.4. The highest BCUT2D eigenvalue weighted by molar-refractivity contribution is 5.95. The molecule has 0 spiro atoms. The van der Waals surface area contributed by atoms with Gasteiger partial charge in [0.05, 0.1) is 32.9 Å². The van der Waals surface area contributed by atoms with Gasteiger partial charge in [-0.1, -0.05) is 18.2 Å². The number of amides is 1. The Morgan fingerprint density at radius 2 is 1.62 bits per heavy atom. The van der Waals surface area contributed by atoms with Crippen LogP contribution in [0.15, 0.2) is 60.7 Å². The van der Waals surface area contributed by atoms with Crippen LogP contribution in [0, 0.1) is 0 Å². The lowest BCUT2D eigenvalue weighted by Gasteiger charge is -2.38. The molecule has 8 heteroatoms. The van der Waals surface area contributed by atoms with Gasteiger partial charge in [0.25, 0.3) is 5.91 Å². The maximum Gasteiger partial charge on any atom is 0.416 e. The van der Waals surface area contributed by atoms with Crippen LogP contribution in [0.25, 0.3) is 0 Å². The minimum Gasteiger partial charge on any atom is -0.497 e. The second-order valence-electron chi connectivity index (χ2n) is 7.91. The van der Waals surface area contributed by atoms with Crippen molar-refractivity contribution in [1.82, 2.24) is 4.90 Å². The van der Waals surface area contributed by atoms with Crippen LogP contribution in [0.4, 0.5) is 13.2 Å². The Morgan fingerprint density at radius 3 is 2.29 bits per heavy atom. The third-order valence-corrected chi connectivity index (χ3v) is 5.98. The normalized spacial score (nSPS) is 15.5. The number of benzene rings is 3. The number of ether oxygens (including phenoxy) is 3. The predicted octanol–water partition coefficient (Wildman–Crippen LogP) is 5.52. The van der Waals surface area contributed by atoms with Crippen molar-refractivity contribution in [3.05, 3.63) is 88.5 Å². The molecular weight excluding hydrogens is 447 g/mol. The minimum atomic E-state index is -4.51. The van der Waals surface area contributed by atoms with Gasteiger partial charge in [-0.15, -0.1) is 0 Å². The molecule has 0 aromatic heterocycles. The molecule has 1 heterocycles. The van der Waals surface area contributed by atoms with Crippen molar-refractivity contribution < 1.29 is 32.2 Å². The smallest absolute Gasteiger partial charge is 0.416 e. The number of carbonyl (C=O) groups is 1. The molecule has 0 unspecified atom stereocenters. The number of hydrogen-bond acceptors (Lipinski definition) is 4. The van der Waals surface area contributed by atoms with Crippen molar-refractivity contribution in [2.45, 2.75) is 18.6 Å². The maximum absolute atomic E-state index is 13.6. The highest BCUT2D eigenvalue weighted by Gasteiger charge is 2.36. The lowest BCUT2D eigenvalue weighted by Crippen LogP contribution is -2.40. The van der Waals surface area contributed by atoms with E-state index in [0.29, 0.717) is 46.9 Å². The van der Waals surface area contributed by atoms with Crippen LogP contribution in [0.1, 0.15) is 38.7 Å². The zero-order valence-corrected chi connectivity index (χ0v) is 19.0. The molecule has 3 aromatic rings. The van der Waals surface area contributed by atoms with Crippen molar-refractivity contribution in [1.29, 1.82) is 0 Å². The molecule has 5 nitrogen and oxygen atoms in total. The van der Waals surface area contributed by atoms with Gasteiger partial charge < -0.3 is 19.1 Å². The third kappa shape index (κ3) is 4.40. The molecule has 1 aliphatic heterocycles. The molecule has 1 atom stereocenters. The Bertz CT molecular complexity index is 1210. The zero-order chi connectivity index (χ0) is 24.5. The van der Waals surface area contributed by atoms with Crippen LogP contribution in [-0.4, -0.2) is 38.7 Å². The van der Waals surface area contributed by atoms with E-state index in [9.17, 15) is 18.0 Å². The highest BCUT2D eigenvalue weighted by Crippen LogP contribution is 2.42. The average Bonchev–Trinajstić information content (AvgIpc) is 2.86. The van der Waals surface area contributed by atoms with Crippen molar-refractivity contribution in [3.63, 3.8) is 0 Å². The molecular formula is C26H24F3NO4. The van der Waals surface area contributed by atoms with Crippen LogP contribution in [0.3, 0.4) is 0 Å². The van der Waals surface area contributed by atoms with Gasteiger partial charge in [-0.3, -0.25) is 4.79 Å². The van der Waals surface area contributed by atoms with E-state index in [-0.39, 0.29) is 5.91 Å². The van der Waals surface area contributed by atoms with Crippen LogP contribution in [0.5, 0.6) is 17.2 Å². The van der Waals surface area contributed by atoms with Crippen LogP contribution >= 0.6 is 0 Å². The molecule has 178 valence electrons. The zero-order valence-electron chi connectivity index (χ0n) is 19.0. The summed E-state index contributed by atoms with van der Waals surface area (Å²) >= 11 is 0. The summed E-state index contributed by atoms with van der Waals surface area (Å²) in [5.74, 6) is 1.18. The summed E-state index contributed by atoms with van der Waals surface area (Å²) in [7, 11) is 4.52. The molecule has 0 aliphatic carbocycles. The van der Waals surface area contributed by atoms with Gasteiger partial charge in [-0.05, 0) is 65.6 Å². The van der Waals surface area contributed by atoms with E-state index in [1.165, 1.54) is 27.4 Å². The number of rotatable bonds is 5. The Morgan fingerprint density at radius 1 is 0.912 bits per heavy atom. The van der Waals surface area contributed by atoms with Crippen molar-refractivity contribution in [2.75, 3.05) is 27.9 Å². The standard InChI is InChI=1S/C26H24F3NO4/c1-32-20-9-5-7-18(13-20)25(31)30-11-10-16-14-22(33-2)23(34-3)15-21(16)24(30)17-6-4-8-19(12-17)26(27,28)29/h4-9,12-15,24H,10-11H2,1-3H3/t24-/m1/s1. The van der Waals surface area contributed by atoms with E-state index >= 15 is 0 Å². The quantitative estimate of drug-likeness (QED) is 0.492. The SMILES string of the molecule is COc1cccc(C(=O)N2CCc3cc(OC)c(OC)cc3[C@H]2c2cccc(C(F)(F)F)c2)c1. The van der Waals surface area contributed by atoms with Crippen LogP contribution < -0.4 is 14.2 Å². The van der Waals surface area contributed by atoms with E-state index in [1.54, 1.807) is 41.3 Å². The van der Waals surface area contributed by atoms with Crippen molar-refractivity contribution >= 4 is 5.91 Å². The first-order valence-electron chi connectivity index (χ1n) is 10.6. The number of fused-ring (bicyclic) bond motifs is 1. The largest absolute Gasteiger partial charge is 0.497 e. The second-order valence-corrected chi connectivity index (χ2v) is 7.91. The summed E-state index contributed by atoms with van der Waals surface area (Å²) in [6, 6.07) is 14.6. The molecule has 0 saturated heterocycles. The molecule has 0 saturated carbocycles. The van der Waals surface area contributed by atoms with Gasteiger partial charge in [-0.2, -0.15) is 13.2 Å². The lowest BCUT2D eigenvalue weighted by atomic mass is 9.86. The summed E-state index contributed by atoms with van der Waals surface area (Å²) in [5, 5.41) is 0. The molecule has 0 N–H and O–H groups in total. The summed E-state index contributed by atoms with van der Waals surface area (Å²) in [6.07, 6.45) is -3.99. The molecule has 0 bridgehead atoms. The Kier molecular flexibility index (Phi) is 6.41. The van der Waals surface area contributed by atoms with Gasteiger partial charge in [0.2, 0.25) is 0 Å². The number of halogens is 3. The fourth-order valence-electron chi connectivity index (χ4n) is 4.33. The topological polar surface area (TPSA) is 48.0 Å². The van der Waals surface area contributed by atoms with Crippen molar-refractivity contribution in [2.24, 2.45) is 0 Å². The molecule has 3 aromatic carbocycles. The average molecular weight is 471 g/mol. The number of hydrogen-bond donors (Lipinski definition) is 0. The first kappa shape index (κ1) is 23.5. The van der Waals surface area contributed by atoms with E-state index in [1.807, 2.05) is 6.07 Å². The predicted molar refractivity (Wildman–Crippen MR) is 121 cm³/mol. The van der Waals surface area contributed by atoms with E-state index in [2.05, 4.69) is 0 Å². The molecule has 1 amide bonds. The fourth-order valence-corrected chi connectivity index (χ4v) is 4.33. The molecule has 0 fully saturated rings. The second kappa shape index (κ2) is 9.29. The van der Waals surface area contributed by atoms with Gasteiger partial charge in [0, 0.05) is 12.1 Å². The Hall–Kier alpha value is -3.68. The number of methoxy groups -OCH3 is 3. The Labute approximate surface area is 195 Å². The monoisotopic (exact) mass is 471 g/mol. The van der Waals surface area contributed by atoms with Gasteiger partial charge >= 0.3 is 6.18 Å². The Balaban J connectivity index is 1.88. The van der Waals surface area contributed by atoms with Crippen LogP contribution in [0.2, 0.25) is 0 Å². The van der Waals surface area contributed by atoms with Gasteiger partial charge in [-0.25, -0.2) is 0 Å². The first-order valence-corrected chi connectivity index (χ1v) is 10.6. The summed E-state index contributed by atoms with van der Waals surface area (Å²) < 4.78 is 56.7. The molecule has 1 aliphatic rings. The van der Waals surface area contributed by atoms with Crippen molar-refractivity contribution in [3.8, 4) is 17.2 Å². The first-order chi connectivity index (χ1) is 16.3. The van der Waals surface area contributed by atoms with E-state index in [0.717, 1.165) is 17.7 Å². The maximum atomic E-state index is 13.6. The number of carbonyl (C=O) groups excluding carboxylic acids is 1. The molecule has 34 heavy (non-hydrogen) atoms. The summed E-state index contributed by atoms with van der Waals surface area (Å²) in [4.78, 5) is 15.2. The van der Waals surface area contributed by atoms with Crippen LogP contribution in [-0.2, 0) is 12.6 Å².